The third kappa shape index (κ3) is 3.80. The summed E-state index contributed by atoms with van der Waals surface area (Å²) in [6.45, 7) is 8.92. The van der Waals surface area contributed by atoms with Crippen LogP contribution in [0.25, 0.3) is 0 Å². The number of nitro groups is 1. The highest BCUT2D eigenvalue weighted by Crippen LogP contribution is 2.25. The minimum atomic E-state index is -0.448. The molecule has 0 fully saturated rings. The van der Waals surface area contributed by atoms with Crippen molar-refractivity contribution in [2.24, 2.45) is 5.41 Å². The lowest BCUT2D eigenvalue weighted by molar-refractivity contribution is -0.390. The van der Waals surface area contributed by atoms with Crippen LogP contribution in [0.2, 0.25) is 0 Å². The maximum absolute atomic E-state index is 10.9. The third-order valence-corrected chi connectivity index (χ3v) is 2.41. The van der Waals surface area contributed by atoms with Gasteiger partial charge in [-0.15, -0.1) is 0 Å². The summed E-state index contributed by atoms with van der Waals surface area (Å²) in [6, 6.07) is 0. The summed E-state index contributed by atoms with van der Waals surface area (Å²) < 4.78 is 1.67. The van der Waals surface area contributed by atoms with Crippen molar-refractivity contribution < 1.29 is 4.92 Å². The fourth-order valence-electron chi connectivity index (χ4n) is 1.63. The van der Waals surface area contributed by atoms with Crippen LogP contribution in [0, 0.1) is 15.5 Å². The summed E-state index contributed by atoms with van der Waals surface area (Å²) in [5.41, 5.74) is 0.618. The molecule has 0 aromatic carbocycles. The lowest BCUT2D eigenvalue weighted by Crippen LogP contribution is -2.15. The van der Waals surface area contributed by atoms with Gasteiger partial charge in [0.1, 0.15) is 10.8 Å². The first-order chi connectivity index (χ1) is 7.85. The van der Waals surface area contributed by atoms with E-state index < -0.39 is 4.92 Å². The Morgan fingerprint density at radius 2 is 2.06 bits per heavy atom. The Balaban J connectivity index is 3.01. The van der Waals surface area contributed by atoms with Gasteiger partial charge in [0.2, 0.25) is 0 Å². The molecule has 1 aromatic rings. The van der Waals surface area contributed by atoms with Crippen molar-refractivity contribution in [3.63, 3.8) is 0 Å². The van der Waals surface area contributed by atoms with Gasteiger partial charge in [0.15, 0.2) is 0 Å². The number of hydrogen-bond acceptors (Lipinski definition) is 4. The maximum Gasteiger partial charge on any atom is 0.413 e. The summed E-state index contributed by atoms with van der Waals surface area (Å²) in [4.78, 5) is 10.4. The number of aryl methyl sites for hydroxylation is 1. The molecular formula is C11H20N4O2. The highest BCUT2D eigenvalue weighted by atomic mass is 16.6. The molecule has 0 aliphatic heterocycles. The second kappa shape index (κ2) is 5.25. The molecule has 0 bridgehead atoms. The average Bonchev–Trinajstić information content (AvgIpc) is 2.55. The van der Waals surface area contributed by atoms with Gasteiger partial charge < -0.3 is 10.1 Å². The SMILES string of the molecule is CCCCn1nnc([N+](=O)[O-])c1CC(C)(C)C. The van der Waals surface area contributed by atoms with Crippen molar-refractivity contribution in [3.8, 4) is 0 Å². The zero-order valence-electron chi connectivity index (χ0n) is 10.9. The number of nitrogens with zero attached hydrogens (tertiary/aromatic N) is 4. The Bertz CT molecular complexity index is 393. The second-order valence-corrected chi connectivity index (χ2v) is 5.43. The van der Waals surface area contributed by atoms with E-state index in [1.165, 1.54) is 0 Å². The van der Waals surface area contributed by atoms with Crippen molar-refractivity contribution in [1.29, 1.82) is 0 Å². The minimum Gasteiger partial charge on any atom is -0.358 e. The van der Waals surface area contributed by atoms with E-state index in [1.807, 2.05) is 20.8 Å². The zero-order chi connectivity index (χ0) is 13.1. The first-order valence-electron chi connectivity index (χ1n) is 5.92. The van der Waals surface area contributed by atoms with Gasteiger partial charge in [-0.1, -0.05) is 34.1 Å². The van der Waals surface area contributed by atoms with Gasteiger partial charge in [-0.25, -0.2) is 4.68 Å². The van der Waals surface area contributed by atoms with Crippen LogP contribution < -0.4 is 0 Å². The average molecular weight is 240 g/mol. The van der Waals surface area contributed by atoms with Crippen molar-refractivity contribution in [1.82, 2.24) is 15.0 Å². The molecule has 1 rings (SSSR count). The normalized spacial score (nSPS) is 11.8. The third-order valence-electron chi connectivity index (χ3n) is 2.41. The first-order valence-corrected chi connectivity index (χ1v) is 5.92. The monoisotopic (exact) mass is 240 g/mol. The van der Waals surface area contributed by atoms with E-state index in [1.54, 1.807) is 4.68 Å². The lowest BCUT2D eigenvalue weighted by Gasteiger charge is -2.17. The molecule has 0 aliphatic carbocycles. The highest BCUT2D eigenvalue weighted by molar-refractivity contribution is 5.25. The first kappa shape index (κ1) is 13.6. The largest absolute Gasteiger partial charge is 0.413 e. The predicted molar refractivity (Wildman–Crippen MR) is 64.7 cm³/mol. The molecule has 0 atom stereocenters. The van der Waals surface area contributed by atoms with E-state index in [9.17, 15) is 10.1 Å². The van der Waals surface area contributed by atoms with Gasteiger partial charge >= 0.3 is 5.82 Å². The molecule has 0 saturated carbocycles. The van der Waals surface area contributed by atoms with Crippen LogP contribution in [0.1, 0.15) is 46.2 Å². The van der Waals surface area contributed by atoms with E-state index in [-0.39, 0.29) is 11.2 Å². The molecule has 6 heteroatoms. The fraction of sp³-hybridized carbons (Fsp3) is 0.818. The molecule has 0 aliphatic rings. The summed E-state index contributed by atoms with van der Waals surface area (Å²) in [5, 5.41) is 18.4. The molecular weight excluding hydrogens is 220 g/mol. The molecule has 6 nitrogen and oxygen atoms in total. The Kier molecular flexibility index (Phi) is 4.20. The molecule has 96 valence electrons. The maximum atomic E-state index is 10.9. The Hall–Kier alpha value is -1.46. The van der Waals surface area contributed by atoms with Gasteiger partial charge in [0.25, 0.3) is 0 Å². The van der Waals surface area contributed by atoms with Crippen molar-refractivity contribution in [2.75, 3.05) is 0 Å². The summed E-state index contributed by atoms with van der Waals surface area (Å²) in [6.07, 6.45) is 2.60. The van der Waals surface area contributed by atoms with Gasteiger partial charge in [-0.2, -0.15) is 0 Å². The van der Waals surface area contributed by atoms with E-state index in [0.29, 0.717) is 18.7 Å². The van der Waals surface area contributed by atoms with E-state index in [4.69, 9.17) is 0 Å². The summed E-state index contributed by atoms with van der Waals surface area (Å²) in [7, 11) is 0. The van der Waals surface area contributed by atoms with Crippen LogP contribution in [0.4, 0.5) is 5.82 Å². The van der Waals surface area contributed by atoms with Gasteiger partial charge in [0.05, 0.1) is 5.21 Å². The quantitative estimate of drug-likeness (QED) is 0.585. The Morgan fingerprint density at radius 1 is 1.41 bits per heavy atom. The summed E-state index contributed by atoms with van der Waals surface area (Å²) in [5.74, 6) is -0.101. The smallest absolute Gasteiger partial charge is 0.358 e. The number of unbranched alkanes of at least 4 members (excludes halogenated alkanes) is 1. The molecule has 1 aromatic heterocycles. The van der Waals surface area contributed by atoms with Crippen LogP contribution in [0.15, 0.2) is 0 Å². The standard InChI is InChI=1S/C11H20N4O2/c1-5-6-7-14-9(8-11(2,3)4)10(12-13-14)15(16)17/h5-8H2,1-4H3. The topological polar surface area (TPSA) is 73.8 Å². The van der Waals surface area contributed by atoms with E-state index >= 15 is 0 Å². The van der Waals surface area contributed by atoms with Gasteiger partial charge in [-0.3, -0.25) is 0 Å². The number of aromatic nitrogens is 3. The fourth-order valence-corrected chi connectivity index (χ4v) is 1.63. The number of hydrogen-bond donors (Lipinski definition) is 0. The highest BCUT2D eigenvalue weighted by Gasteiger charge is 2.27. The molecule has 0 radical (unpaired) electrons. The molecule has 0 spiro atoms. The second-order valence-electron chi connectivity index (χ2n) is 5.43. The summed E-state index contributed by atoms with van der Waals surface area (Å²) >= 11 is 0. The molecule has 0 unspecified atom stereocenters. The molecule has 17 heavy (non-hydrogen) atoms. The zero-order valence-corrected chi connectivity index (χ0v) is 10.9. The van der Waals surface area contributed by atoms with E-state index in [0.717, 1.165) is 12.8 Å². The Labute approximate surface area is 101 Å². The van der Waals surface area contributed by atoms with Crippen molar-refractivity contribution in [3.05, 3.63) is 15.8 Å². The van der Waals surface area contributed by atoms with Crippen LogP contribution in [-0.2, 0) is 13.0 Å². The lowest BCUT2D eigenvalue weighted by atomic mass is 9.90. The molecule has 0 saturated heterocycles. The predicted octanol–water partition coefficient (Wildman–Crippen LogP) is 2.58. The van der Waals surface area contributed by atoms with Crippen LogP contribution >= 0.6 is 0 Å². The molecule has 0 N–H and O–H groups in total. The van der Waals surface area contributed by atoms with Crippen molar-refractivity contribution >= 4 is 5.82 Å². The van der Waals surface area contributed by atoms with E-state index in [2.05, 4.69) is 17.2 Å². The molecule has 0 amide bonds. The van der Waals surface area contributed by atoms with Crippen molar-refractivity contribution in [2.45, 2.75) is 53.5 Å². The number of rotatable bonds is 5. The van der Waals surface area contributed by atoms with Gasteiger partial charge in [0, 0.05) is 13.0 Å². The molecule has 1 heterocycles. The van der Waals surface area contributed by atoms with Crippen LogP contribution in [0.5, 0.6) is 0 Å². The van der Waals surface area contributed by atoms with Crippen LogP contribution in [0.3, 0.4) is 0 Å². The van der Waals surface area contributed by atoms with Crippen LogP contribution in [-0.4, -0.2) is 19.9 Å². The Morgan fingerprint density at radius 3 is 2.53 bits per heavy atom. The minimum absolute atomic E-state index is 0.0174. The van der Waals surface area contributed by atoms with Gasteiger partial charge in [-0.05, 0) is 16.8 Å².